The molecule has 5 heteroatoms. The first kappa shape index (κ1) is 30.3. The van der Waals surface area contributed by atoms with Gasteiger partial charge in [-0.1, -0.05) is 104 Å². The molecule has 0 saturated carbocycles. The van der Waals surface area contributed by atoms with Crippen molar-refractivity contribution in [2.24, 2.45) is 5.41 Å². The Labute approximate surface area is 210 Å². The molecule has 0 fully saturated rings. The van der Waals surface area contributed by atoms with Crippen LogP contribution in [-0.4, -0.2) is 33.6 Å². The Kier molecular flexibility index (Phi) is 12.8. The van der Waals surface area contributed by atoms with E-state index < -0.39 is 8.32 Å². The topological polar surface area (TPSA) is 27.7 Å². The molecule has 1 rings (SSSR count). The molecule has 3 nitrogen and oxygen atoms in total. The maximum atomic E-state index is 6.73. The molecule has 0 N–H and O–H groups in total. The first-order valence-corrected chi connectivity index (χ1v) is 16.4. The normalized spacial score (nSPS) is 15.4. The van der Waals surface area contributed by atoms with Crippen LogP contribution in [0.5, 0.6) is 0 Å². The summed E-state index contributed by atoms with van der Waals surface area (Å²) in [5.74, 6) is 1.04. The molecule has 0 aromatic heterocycles. The fraction of sp³-hybridized carbons (Fsp3) is 0.714. The van der Waals surface area contributed by atoms with E-state index in [0.29, 0.717) is 6.61 Å². The Morgan fingerprint density at radius 1 is 1.00 bits per heavy atom. The molecule has 2 atom stereocenters. The number of allylic oxidation sites excluding steroid dienone is 1. The molecular formula is C28H50O3SSi. The van der Waals surface area contributed by atoms with Gasteiger partial charge in [-0.2, -0.15) is 0 Å². The maximum Gasteiger partial charge on any atom is 0.250 e. The lowest BCUT2D eigenvalue weighted by Gasteiger charge is -2.40. The van der Waals surface area contributed by atoms with Crippen LogP contribution in [0.15, 0.2) is 47.1 Å². The highest BCUT2D eigenvalue weighted by molar-refractivity contribution is 7.99. The Hall–Kier alpha value is -0.753. The average Bonchev–Trinajstić information content (AvgIpc) is 2.72. The average molecular weight is 495 g/mol. The van der Waals surface area contributed by atoms with E-state index in [4.69, 9.17) is 13.9 Å². The van der Waals surface area contributed by atoms with Crippen molar-refractivity contribution >= 4 is 20.1 Å². The Morgan fingerprint density at radius 3 is 2.15 bits per heavy atom. The van der Waals surface area contributed by atoms with Crippen molar-refractivity contribution in [1.29, 1.82) is 0 Å². The Morgan fingerprint density at radius 2 is 1.64 bits per heavy atom. The van der Waals surface area contributed by atoms with Crippen LogP contribution in [0.2, 0.25) is 18.1 Å². The third-order valence-corrected chi connectivity index (χ3v) is 12.0. The number of rotatable bonds is 14. The van der Waals surface area contributed by atoms with Gasteiger partial charge in [0, 0.05) is 17.4 Å². The molecule has 0 bridgehead atoms. The van der Waals surface area contributed by atoms with Gasteiger partial charge < -0.3 is 13.9 Å². The number of ether oxygens (including phenoxy) is 2. The van der Waals surface area contributed by atoms with E-state index in [1.807, 2.05) is 6.07 Å². The summed E-state index contributed by atoms with van der Waals surface area (Å²) in [5.41, 5.74) is -0.101. The van der Waals surface area contributed by atoms with E-state index in [1.54, 1.807) is 18.9 Å². The molecule has 1 aromatic rings. The van der Waals surface area contributed by atoms with Crippen molar-refractivity contribution < 1.29 is 13.9 Å². The SMILES string of the molecule is CCCCCCC(OC/C=C(\O[Si](C)(C)C(C)(C)C)C(C)(C)C)C(OC)Sc1ccccc1. The van der Waals surface area contributed by atoms with E-state index in [0.717, 1.165) is 18.6 Å². The third-order valence-electron chi connectivity index (χ3n) is 6.36. The van der Waals surface area contributed by atoms with Gasteiger partial charge in [0.15, 0.2) is 0 Å². The lowest BCUT2D eigenvalue weighted by atomic mass is 9.94. The summed E-state index contributed by atoms with van der Waals surface area (Å²) in [4.78, 5) is 1.21. The number of unbranched alkanes of at least 4 members (excludes halogenated alkanes) is 3. The van der Waals surface area contributed by atoms with Gasteiger partial charge in [-0.3, -0.25) is 0 Å². The zero-order chi connectivity index (χ0) is 25.1. The van der Waals surface area contributed by atoms with Gasteiger partial charge in [-0.05, 0) is 42.8 Å². The number of methoxy groups -OCH3 is 1. The first-order valence-electron chi connectivity index (χ1n) is 12.6. The van der Waals surface area contributed by atoms with Crippen molar-refractivity contribution in [2.45, 2.75) is 115 Å². The summed E-state index contributed by atoms with van der Waals surface area (Å²) >= 11 is 1.75. The van der Waals surface area contributed by atoms with E-state index >= 15 is 0 Å². The van der Waals surface area contributed by atoms with E-state index in [-0.39, 0.29) is 22.0 Å². The number of hydrogen-bond donors (Lipinski definition) is 0. The summed E-state index contributed by atoms with van der Waals surface area (Å²) in [6.45, 7) is 20.9. The number of benzene rings is 1. The maximum absolute atomic E-state index is 6.73. The van der Waals surface area contributed by atoms with Crippen molar-refractivity contribution in [3.8, 4) is 0 Å². The van der Waals surface area contributed by atoms with Crippen LogP contribution in [0.4, 0.5) is 0 Å². The summed E-state index contributed by atoms with van der Waals surface area (Å²) in [7, 11) is -0.126. The minimum absolute atomic E-state index is 0.0300. The number of hydrogen-bond acceptors (Lipinski definition) is 4. The fourth-order valence-electron chi connectivity index (χ4n) is 3.16. The molecule has 190 valence electrons. The van der Waals surface area contributed by atoms with E-state index in [9.17, 15) is 0 Å². The van der Waals surface area contributed by atoms with E-state index in [2.05, 4.69) is 91.9 Å². The Bertz CT molecular complexity index is 689. The molecule has 0 heterocycles. The van der Waals surface area contributed by atoms with Crippen LogP contribution in [0.25, 0.3) is 0 Å². The zero-order valence-corrected chi connectivity index (χ0v) is 24.8. The van der Waals surface area contributed by atoms with Crippen molar-refractivity contribution in [1.82, 2.24) is 0 Å². The van der Waals surface area contributed by atoms with Gasteiger partial charge in [0.05, 0.1) is 18.5 Å². The lowest BCUT2D eigenvalue weighted by molar-refractivity contribution is -0.0123. The second-order valence-electron chi connectivity index (χ2n) is 11.4. The smallest absolute Gasteiger partial charge is 0.250 e. The van der Waals surface area contributed by atoms with Gasteiger partial charge in [0.2, 0.25) is 8.32 Å². The number of thioether (sulfide) groups is 1. The zero-order valence-electron chi connectivity index (χ0n) is 23.0. The molecule has 0 aliphatic rings. The fourth-order valence-corrected chi connectivity index (χ4v) is 5.45. The molecule has 0 radical (unpaired) electrons. The lowest BCUT2D eigenvalue weighted by Crippen LogP contribution is -2.42. The molecule has 0 spiro atoms. The predicted octanol–water partition coefficient (Wildman–Crippen LogP) is 9.06. The quantitative estimate of drug-likeness (QED) is 0.0847. The third kappa shape index (κ3) is 11.0. The minimum atomic E-state index is -1.92. The summed E-state index contributed by atoms with van der Waals surface area (Å²) < 4.78 is 19.1. The van der Waals surface area contributed by atoms with Crippen LogP contribution in [0, 0.1) is 5.41 Å². The highest BCUT2D eigenvalue weighted by Gasteiger charge is 2.40. The monoisotopic (exact) mass is 494 g/mol. The van der Waals surface area contributed by atoms with Crippen LogP contribution in [0.1, 0.15) is 80.6 Å². The van der Waals surface area contributed by atoms with Crippen molar-refractivity contribution in [2.75, 3.05) is 13.7 Å². The molecule has 2 unspecified atom stereocenters. The van der Waals surface area contributed by atoms with Gasteiger partial charge in [-0.15, -0.1) is 0 Å². The van der Waals surface area contributed by atoms with Gasteiger partial charge in [0.25, 0.3) is 0 Å². The van der Waals surface area contributed by atoms with Crippen LogP contribution < -0.4 is 0 Å². The highest BCUT2D eigenvalue weighted by Crippen LogP contribution is 2.41. The Balaban J connectivity index is 2.97. The molecule has 33 heavy (non-hydrogen) atoms. The molecular weight excluding hydrogens is 444 g/mol. The highest BCUT2D eigenvalue weighted by atomic mass is 32.2. The second-order valence-corrected chi connectivity index (χ2v) is 17.3. The van der Waals surface area contributed by atoms with Crippen LogP contribution in [0.3, 0.4) is 0 Å². The van der Waals surface area contributed by atoms with E-state index in [1.165, 1.54) is 24.2 Å². The minimum Gasteiger partial charge on any atom is -0.546 e. The molecule has 0 saturated heterocycles. The van der Waals surface area contributed by atoms with Gasteiger partial charge in [0.1, 0.15) is 5.44 Å². The largest absolute Gasteiger partial charge is 0.546 e. The van der Waals surface area contributed by atoms with Crippen LogP contribution >= 0.6 is 11.8 Å². The second kappa shape index (κ2) is 14.0. The summed E-state index contributed by atoms with van der Waals surface area (Å²) in [6, 6.07) is 10.5. The van der Waals surface area contributed by atoms with Gasteiger partial charge >= 0.3 is 0 Å². The molecule has 0 aliphatic carbocycles. The standard InChI is InChI=1S/C28H50O3SSi/c1-11-12-13-17-20-24(26(29-8)32-23-18-15-14-16-19-23)30-22-21-25(27(2,3)4)31-33(9,10)28(5,6)7/h14-16,18-19,21,24,26H,11-13,17,20,22H2,1-10H3/b25-21-. The van der Waals surface area contributed by atoms with Crippen molar-refractivity contribution in [3.05, 3.63) is 42.2 Å². The summed E-state index contributed by atoms with van der Waals surface area (Å²) in [5, 5.41) is 0.160. The van der Waals surface area contributed by atoms with Crippen molar-refractivity contribution in [3.63, 3.8) is 0 Å². The van der Waals surface area contributed by atoms with Crippen LogP contribution in [-0.2, 0) is 13.9 Å². The predicted molar refractivity (Wildman–Crippen MR) is 147 cm³/mol. The molecule has 0 aliphatic heterocycles. The first-order chi connectivity index (χ1) is 15.3. The molecule has 1 aromatic carbocycles. The summed E-state index contributed by atoms with van der Waals surface area (Å²) in [6.07, 6.45) is 8.09. The van der Waals surface area contributed by atoms with Gasteiger partial charge in [-0.25, -0.2) is 0 Å². The molecule has 0 amide bonds.